The molecule has 1 N–H and O–H groups in total. The van der Waals surface area contributed by atoms with Gasteiger partial charge in [0, 0.05) is 18.1 Å². The quantitative estimate of drug-likeness (QED) is 0.914. The summed E-state index contributed by atoms with van der Waals surface area (Å²) in [6, 6.07) is 9.57. The number of nitrogens with zero attached hydrogens (tertiary/aromatic N) is 1. The van der Waals surface area contributed by atoms with Crippen molar-refractivity contribution in [3.63, 3.8) is 0 Å². The monoisotopic (exact) mass is 286 g/mol. The lowest BCUT2D eigenvalue weighted by Gasteiger charge is -2.46. The number of fused-ring (bicyclic) bond motifs is 1. The number of hydrogen-bond acceptors (Lipinski definition) is 2. The van der Waals surface area contributed by atoms with Crippen molar-refractivity contribution in [1.29, 1.82) is 0 Å². The number of rotatable bonds is 4. The Hall–Kier alpha value is -0.860. The lowest BCUT2D eigenvalue weighted by atomic mass is 9.75. The Morgan fingerprint density at radius 3 is 2.43 bits per heavy atom. The Morgan fingerprint density at radius 2 is 1.86 bits per heavy atom. The van der Waals surface area contributed by atoms with Crippen LogP contribution in [-0.4, -0.2) is 37.1 Å². The van der Waals surface area contributed by atoms with Crippen LogP contribution in [0.15, 0.2) is 24.3 Å². The first kappa shape index (κ1) is 15.1. The fraction of sp³-hybridized carbons (Fsp3) is 0.684. The van der Waals surface area contributed by atoms with Gasteiger partial charge in [0.25, 0.3) is 0 Å². The summed E-state index contributed by atoms with van der Waals surface area (Å²) >= 11 is 0. The van der Waals surface area contributed by atoms with Crippen LogP contribution in [0.25, 0.3) is 0 Å². The Balaban J connectivity index is 1.61. The molecular formula is C19H30N2. The molecular weight excluding hydrogens is 256 g/mol. The van der Waals surface area contributed by atoms with E-state index in [4.69, 9.17) is 0 Å². The Morgan fingerprint density at radius 1 is 1.19 bits per heavy atom. The van der Waals surface area contributed by atoms with Crippen molar-refractivity contribution in [3.05, 3.63) is 35.4 Å². The number of nitrogens with one attached hydrogen (secondary N) is 1. The minimum Gasteiger partial charge on any atom is -0.311 e. The molecule has 2 aliphatic rings. The van der Waals surface area contributed by atoms with Gasteiger partial charge in [-0.15, -0.1) is 0 Å². The predicted octanol–water partition coefficient (Wildman–Crippen LogP) is 3.25. The largest absolute Gasteiger partial charge is 0.311 e. The van der Waals surface area contributed by atoms with E-state index in [0.717, 1.165) is 12.5 Å². The van der Waals surface area contributed by atoms with Crippen LogP contribution in [0.2, 0.25) is 0 Å². The average Bonchev–Trinajstić information content (AvgIpc) is 2.88. The van der Waals surface area contributed by atoms with Gasteiger partial charge in [-0.05, 0) is 56.8 Å². The summed E-state index contributed by atoms with van der Waals surface area (Å²) in [4.78, 5) is 2.48. The van der Waals surface area contributed by atoms with Crippen molar-refractivity contribution >= 4 is 0 Å². The molecule has 1 fully saturated rings. The Kier molecular flexibility index (Phi) is 4.37. The number of hydrogen-bond donors (Lipinski definition) is 1. The molecule has 0 spiro atoms. The third-order valence-electron chi connectivity index (χ3n) is 5.79. The maximum absolute atomic E-state index is 3.90. The maximum Gasteiger partial charge on any atom is 0.0330 e. The molecule has 2 atom stereocenters. The molecule has 0 bridgehead atoms. The van der Waals surface area contributed by atoms with Crippen LogP contribution in [-0.2, 0) is 12.8 Å². The average molecular weight is 286 g/mol. The zero-order chi connectivity index (χ0) is 14.9. The molecule has 116 valence electrons. The van der Waals surface area contributed by atoms with E-state index in [1.807, 2.05) is 0 Å². The fourth-order valence-corrected chi connectivity index (χ4v) is 4.39. The van der Waals surface area contributed by atoms with E-state index < -0.39 is 0 Å². The first-order valence-corrected chi connectivity index (χ1v) is 8.57. The zero-order valence-electron chi connectivity index (χ0n) is 13.9. The van der Waals surface area contributed by atoms with Gasteiger partial charge in [0.15, 0.2) is 0 Å². The summed E-state index contributed by atoms with van der Waals surface area (Å²) in [6.07, 6.45) is 7.88. The van der Waals surface area contributed by atoms with E-state index in [0.29, 0.717) is 11.6 Å². The summed E-state index contributed by atoms with van der Waals surface area (Å²) < 4.78 is 0. The lowest BCUT2D eigenvalue weighted by molar-refractivity contribution is 0.0725. The summed E-state index contributed by atoms with van der Waals surface area (Å²) in [5.41, 5.74) is 3.46. The molecule has 3 rings (SSSR count). The van der Waals surface area contributed by atoms with Gasteiger partial charge in [-0.25, -0.2) is 0 Å². The third kappa shape index (κ3) is 3.17. The van der Waals surface area contributed by atoms with E-state index in [1.165, 1.54) is 38.5 Å². The van der Waals surface area contributed by atoms with E-state index in [2.05, 4.69) is 55.5 Å². The van der Waals surface area contributed by atoms with Crippen molar-refractivity contribution < 1.29 is 0 Å². The van der Waals surface area contributed by atoms with Crippen LogP contribution >= 0.6 is 0 Å². The van der Waals surface area contributed by atoms with Gasteiger partial charge in [0.1, 0.15) is 0 Å². The molecule has 2 heteroatoms. The van der Waals surface area contributed by atoms with Crippen molar-refractivity contribution in [2.75, 3.05) is 20.6 Å². The van der Waals surface area contributed by atoms with Gasteiger partial charge in [0.2, 0.25) is 0 Å². The maximum atomic E-state index is 3.90. The number of likely N-dealkylation sites (N-methyl/N-ethyl adjacent to an activating group) is 1. The van der Waals surface area contributed by atoms with E-state index >= 15 is 0 Å². The van der Waals surface area contributed by atoms with Gasteiger partial charge >= 0.3 is 0 Å². The Labute approximate surface area is 129 Å². The van der Waals surface area contributed by atoms with Crippen LogP contribution in [0.4, 0.5) is 0 Å². The molecule has 0 aliphatic heterocycles. The van der Waals surface area contributed by atoms with Gasteiger partial charge in [0.05, 0.1) is 0 Å². The molecule has 0 radical (unpaired) electrons. The molecule has 0 aromatic heterocycles. The summed E-state index contributed by atoms with van der Waals surface area (Å²) in [7, 11) is 4.53. The highest BCUT2D eigenvalue weighted by Gasteiger charge is 2.37. The molecule has 0 amide bonds. The molecule has 1 aromatic carbocycles. The van der Waals surface area contributed by atoms with Crippen LogP contribution in [0.1, 0.15) is 43.7 Å². The minimum absolute atomic E-state index is 0.368. The minimum atomic E-state index is 0.368. The van der Waals surface area contributed by atoms with Crippen LogP contribution in [0.5, 0.6) is 0 Å². The summed E-state index contributed by atoms with van der Waals surface area (Å²) in [5.74, 6) is 0.865. The highest BCUT2D eigenvalue weighted by molar-refractivity contribution is 5.33. The van der Waals surface area contributed by atoms with Crippen molar-refractivity contribution in [1.82, 2.24) is 10.2 Å². The van der Waals surface area contributed by atoms with Gasteiger partial charge in [-0.3, -0.25) is 0 Å². The van der Waals surface area contributed by atoms with E-state index in [-0.39, 0.29) is 0 Å². The zero-order valence-corrected chi connectivity index (χ0v) is 13.9. The SMILES string of the molecule is CC1CCCC(CNC2Cc3ccccc3C2)(N(C)C)C1. The van der Waals surface area contributed by atoms with E-state index in [9.17, 15) is 0 Å². The standard InChI is InChI=1S/C19H30N2/c1-15-7-6-10-19(13-15,21(2)3)14-20-18-11-16-8-4-5-9-17(16)12-18/h4-5,8-9,15,18,20H,6-7,10-14H2,1-3H3. The molecule has 2 aliphatic carbocycles. The Bertz CT molecular complexity index is 457. The van der Waals surface area contributed by atoms with Crippen LogP contribution < -0.4 is 5.32 Å². The van der Waals surface area contributed by atoms with Crippen LogP contribution in [0, 0.1) is 5.92 Å². The second kappa shape index (κ2) is 6.10. The second-order valence-corrected chi connectivity index (χ2v) is 7.58. The summed E-state index contributed by atoms with van der Waals surface area (Å²) in [6.45, 7) is 3.56. The summed E-state index contributed by atoms with van der Waals surface area (Å²) in [5, 5.41) is 3.90. The molecule has 1 aromatic rings. The van der Waals surface area contributed by atoms with Crippen molar-refractivity contribution in [3.8, 4) is 0 Å². The molecule has 0 saturated heterocycles. The highest BCUT2D eigenvalue weighted by Crippen LogP contribution is 2.35. The molecule has 2 unspecified atom stereocenters. The van der Waals surface area contributed by atoms with Crippen LogP contribution in [0.3, 0.4) is 0 Å². The van der Waals surface area contributed by atoms with Gasteiger partial charge in [-0.1, -0.05) is 44.0 Å². The smallest absolute Gasteiger partial charge is 0.0330 e. The third-order valence-corrected chi connectivity index (χ3v) is 5.79. The topological polar surface area (TPSA) is 15.3 Å². The van der Waals surface area contributed by atoms with Gasteiger partial charge < -0.3 is 10.2 Å². The molecule has 1 saturated carbocycles. The fourth-order valence-electron chi connectivity index (χ4n) is 4.39. The van der Waals surface area contributed by atoms with E-state index in [1.54, 1.807) is 11.1 Å². The lowest BCUT2D eigenvalue weighted by Crippen LogP contribution is -2.55. The molecule has 2 nitrogen and oxygen atoms in total. The molecule has 21 heavy (non-hydrogen) atoms. The van der Waals surface area contributed by atoms with Gasteiger partial charge in [-0.2, -0.15) is 0 Å². The first-order chi connectivity index (χ1) is 10.1. The number of benzene rings is 1. The first-order valence-electron chi connectivity index (χ1n) is 8.57. The molecule has 0 heterocycles. The highest BCUT2D eigenvalue weighted by atomic mass is 15.2. The second-order valence-electron chi connectivity index (χ2n) is 7.58. The predicted molar refractivity (Wildman–Crippen MR) is 89.7 cm³/mol. The van der Waals surface area contributed by atoms with Crippen molar-refractivity contribution in [2.45, 2.75) is 57.0 Å². The normalized spacial score (nSPS) is 29.8. The van der Waals surface area contributed by atoms with Crippen molar-refractivity contribution in [2.24, 2.45) is 5.92 Å².